The molecule has 0 aliphatic carbocycles. The predicted octanol–water partition coefficient (Wildman–Crippen LogP) is 4.58. The summed E-state index contributed by atoms with van der Waals surface area (Å²) in [7, 11) is 0. The third-order valence-corrected chi connectivity index (χ3v) is 5.44. The van der Waals surface area contributed by atoms with Crippen LogP contribution < -0.4 is 5.56 Å². The van der Waals surface area contributed by atoms with Crippen LogP contribution in [0.25, 0.3) is 10.9 Å². The normalized spacial score (nSPS) is 18.0. The summed E-state index contributed by atoms with van der Waals surface area (Å²) in [5, 5.41) is 0.726. The monoisotopic (exact) mass is 365 g/mol. The van der Waals surface area contributed by atoms with Crippen molar-refractivity contribution >= 4 is 16.6 Å². The predicted molar refractivity (Wildman–Crippen MR) is 114 cm³/mol. The van der Waals surface area contributed by atoms with Crippen molar-refractivity contribution < 1.29 is 0 Å². The van der Waals surface area contributed by atoms with Gasteiger partial charge in [-0.15, -0.1) is 0 Å². The molecule has 1 aromatic carbocycles. The van der Waals surface area contributed by atoms with Gasteiger partial charge >= 0.3 is 0 Å². The first kappa shape index (κ1) is 19.5. The molecule has 0 amide bonds. The van der Waals surface area contributed by atoms with Gasteiger partial charge in [-0.3, -0.25) is 14.4 Å². The summed E-state index contributed by atoms with van der Waals surface area (Å²) in [5.41, 5.74) is 3.42. The Morgan fingerprint density at radius 2 is 2.19 bits per heavy atom. The standard InChI is InChI=1S/C23H31N3O/c1-6-8-19(24-7-2)16(3)13-17-9-10-18-20(14-17)25-21-11-12-23(4,5)15-26(21)22(18)27/h6,8-10,14,16H,7,11-13,15H2,1-5H3/b8-6-,24-19?. The highest BCUT2D eigenvalue weighted by Gasteiger charge is 2.27. The maximum atomic E-state index is 13.0. The Morgan fingerprint density at radius 1 is 1.41 bits per heavy atom. The maximum absolute atomic E-state index is 13.0. The molecule has 4 nitrogen and oxygen atoms in total. The molecule has 1 aliphatic rings. The number of hydrogen-bond donors (Lipinski definition) is 0. The van der Waals surface area contributed by atoms with Crippen LogP contribution in [0.3, 0.4) is 0 Å². The van der Waals surface area contributed by atoms with E-state index in [0.29, 0.717) is 5.92 Å². The number of hydrogen-bond acceptors (Lipinski definition) is 3. The summed E-state index contributed by atoms with van der Waals surface area (Å²) in [6.07, 6.45) is 6.97. The first-order chi connectivity index (χ1) is 12.8. The molecule has 0 spiro atoms. The van der Waals surface area contributed by atoms with E-state index in [1.807, 2.05) is 23.6 Å². The van der Waals surface area contributed by atoms with Crippen molar-refractivity contribution in [3.05, 3.63) is 52.1 Å². The van der Waals surface area contributed by atoms with Gasteiger partial charge in [-0.2, -0.15) is 0 Å². The number of aromatic nitrogens is 2. The number of allylic oxidation sites excluding steroid dienone is 2. The minimum absolute atomic E-state index is 0.101. The molecular formula is C23H31N3O. The van der Waals surface area contributed by atoms with Gasteiger partial charge in [0.05, 0.1) is 10.9 Å². The van der Waals surface area contributed by atoms with Crippen LogP contribution in [0.15, 0.2) is 40.1 Å². The fourth-order valence-corrected chi connectivity index (χ4v) is 3.94. The van der Waals surface area contributed by atoms with E-state index in [1.165, 1.54) is 5.56 Å². The summed E-state index contributed by atoms with van der Waals surface area (Å²) in [6.45, 7) is 12.3. The van der Waals surface area contributed by atoms with E-state index in [0.717, 1.165) is 54.8 Å². The average Bonchev–Trinajstić information content (AvgIpc) is 2.62. The largest absolute Gasteiger partial charge is 0.296 e. The van der Waals surface area contributed by atoms with Gasteiger partial charge in [0.15, 0.2) is 0 Å². The molecule has 3 rings (SSSR count). The lowest BCUT2D eigenvalue weighted by atomic mass is 9.85. The Balaban J connectivity index is 1.95. The molecule has 4 heteroatoms. The Hall–Kier alpha value is -2.23. The average molecular weight is 366 g/mol. The first-order valence-electron chi connectivity index (χ1n) is 10.0. The molecule has 1 aromatic heterocycles. The van der Waals surface area contributed by atoms with Crippen LogP contribution in [0, 0.1) is 11.3 Å². The molecule has 0 bridgehead atoms. The lowest BCUT2D eigenvalue weighted by molar-refractivity contribution is 0.240. The number of fused-ring (bicyclic) bond motifs is 2. The molecule has 1 atom stereocenters. The first-order valence-corrected chi connectivity index (χ1v) is 10.0. The van der Waals surface area contributed by atoms with Crippen LogP contribution >= 0.6 is 0 Å². The molecule has 0 saturated carbocycles. The SMILES string of the molecule is C/C=C\C(=NCC)C(C)Cc1ccc2c(=O)n3c(nc2c1)CCC(C)(C)C3. The van der Waals surface area contributed by atoms with Crippen molar-refractivity contribution in [3.8, 4) is 0 Å². The lowest BCUT2D eigenvalue weighted by Gasteiger charge is -2.31. The van der Waals surface area contributed by atoms with Crippen LogP contribution in [0.5, 0.6) is 0 Å². The van der Waals surface area contributed by atoms with Gasteiger partial charge in [0.1, 0.15) is 5.82 Å². The van der Waals surface area contributed by atoms with Crippen LogP contribution in [0.2, 0.25) is 0 Å². The lowest BCUT2D eigenvalue weighted by Crippen LogP contribution is -2.36. The van der Waals surface area contributed by atoms with Crippen LogP contribution in [0.4, 0.5) is 0 Å². The Kier molecular flexibility index (Phi) is 5.64. The van der Waals surface area contributed by atoms with Crippen molar-refractivity contribution in [1.82, 2.24) is 9.55 Å². The molecule has 27 heavy (non-hydrogen) atoms. The molecule has 1 unspecified atom stereocenters. The summed E-state index contributed by atoms with van der Waals surface area (Å²) in [6, 6.07) is 6.11. The molecule has 144 valence electrons. The van der Waals surface area contributed by atoms with E-state index in [-0.39, 0.29) is 11.0 Å². The van der Waals surface area contributed by atoms with Gasteiger partial charge in [-0.05, 0) is 55.9 Å². The Labute approximate surface area is 162 Å². The fraction of sp³-hybridized carbons (Fsp3) is 0.522. The minimum Gasteiger partial charge on any atom is -0.296 e. The van der Waals surface area contributed by atoms with E-state index < -0.39 is 0 Å². The molecular weight excluding hydrogens is 334 g/mol. The van der Waals surface area contributed by atoms with Gasteiger partial charge in [-0.25, -0.2) is 4.98 Å². The van der Waals surface area contributed by atoms with Crippen molar-refractivity contribution in [2.24, 2.45) is 16.3 Å². The third-order valence-electron chi connectivity index (χ3n) is 5.44. The molecule has 2 heterocycles. The van der Waals surface area contributed by atoms with Crippen molar-refractivity contribution in [2.45, 2.75) is 60.4 Å². The molecule has 0 N–H and O–H groups in total. The van der Waals surface area contributed by atoms with E-state index >= 15 is 0 Å². The van der Waals surface area contributed by atoms with Crippen LogP contribution in [0.1, 0.15) is 52.4 Å². The highest BCUT2D eigenvalue weighted by Crippen LogP contribution is 2.29. The second-order valence-corrected chi connectivity index (χ2v) is 8.44. The van der Waals surface area contributed by atoms with Crippen molar-refractivity contribution in [3.63, 3.8) is 0 Å². The van der Waals surface area contributed by atoms with Crippen LogP contribution in [-0.4, -0.2) is 21.8 Å². The van der Waals surface area contributed by atoms with E-state index in [2.05, 4.69) is 50.9 Å². The quantitative estimate of drug-likeness (QED) is 0.728. The summed E-state index contributed by atoms with van der Waals surface area (Å²) in [5.74, 6) is 1.26. The summed E-state index contributed by atoms with van der Waals surface area (Å²) >= 11 is 0. The third kappa shape index (κ3) is 4.20. The fourth-order valence-electron chi connectivity index (χ4n) is 3.94. The summed E-state index contributed by atoms with van der Waals surface area (Å²) < 4.78 is 1.88. The van der Waals surface area contributed by atoms with E-state index in [9.17, 15) is 4.79 Å². The highest BCUT2D eigenvalue weighted by atomic mass is 16.1. The highest BCUT2D eigenvalue weighted by molar-refractivity contribution is 5.96. The molecule has 0 radical (unpaired) electrons. The van der Waals surface area contributed by atoms with Gasteiger partial charge in [-0.1, -0.05) is 32.9 Å². The number of nitrogens with zero attached hydrogens (tertiary/aromatic N) is 3. The van der Waals surface area contributed by atoms with Gasteiger partial charge in [0.25, 0.3) is 5.56 Å². The number of aliphatic imine (C=N–C) groups is 1. The molecule has 1 aliphatic heterocycles. The topological polar surface area (TPSA) is 47.2 Å². The zero-order valence-electron chi connectivity index (χ0n) is 17.2. The Bertz CT molecular complexity index is 950. The van der Waals surface area contributed by atoms with E-state index in [4.69, 9.17) is 4.98 Å². The Morgan fingerprint density at radius 3 is 2.89 bits per heavy atom. The number of benzene rings is 1. The number of rotatable bonds is 5. The van der Waals surface area contributed by atoms with Crippen molar-refractivity contribution in [2.75, 3.05) is 6.54 Å². The molecule has 0 fully saturated rings. The van der Waals surface area contributed by atoms with Crippen molar-refractivity contribution in [1.29, 1.82) is 0 Å². The van der Waals surface area contributed by atoms with Gasteiger partial charge in [0.2, 0.25) is 0 Å². The smallest absolute Gasteiger partial charge is 0.261 e. The second-order valence-electron chi connectivity index (χ2n) is 8.44. The van der Waals surface area contributed by atoms with Gasteiger partial charge in [0, 0.05) is 31.1 Å². The number of aryl methyl sites for hydroxylation is 1. The van der Waals surface area contributed by atoms with Gasteiger partial charge < -0.3 is 0 Å². The maximum Gasteiger partial charge on any atom is 0.261 e. The zero-order valence-corrected chi connectivity index (χ0v) is 17.2. The molecule has 2 aromatic rings. The molecule has 0 saturated heterocycles. The second kappa shape index (κ2) is 7.79. The van der Waals surface area contributed by atoms with E-state index in [1.54, 1.807) is 0 Å². The van der Waals surface area contributed by atoms with Crippen LogP contribution in [-0.2, 0) is 19.4 Å². The minimum atomic E-state index is 0.101. The summed E-state index contributed by atoms with van der Waals surface area (Å²) in [4.78, 5) is 22.4. The zero-order chi connectivity index (χ0) is 19.6.